The van der Waals surface area contributed by atoms with Crippen LogP contribution < -0.4 is 0 Å². The van der Waals surface area contributed by atoms with E-state index in [9.17, 15) is 0 Å². The molecular formula is C24H20N2. The van der Waals surface area contributed by atoms with Gasteiger partial charge in [0, 0.05) is 33.6 Å². The van der Waals surface area contributed by atoms with Gasteiger partial charge in [0.2, 0.25) is 0 Å². The summed E-state index contributed by atoms with van der Waals surface area (Å²) in [6.45, 7) is 4.47. The number of aromatic nitrogens is 2. The monoisotopic (exact) mass is 336 g/mol. The molecule has 2 aromatic carbocycles. The lowest BCUT2D eigenvalue weighted by atomic mass is 9.93. The van der Waals surface area contributed by atoms with Crippen molar-refractivity contribution in [1.82, 2.24) is 9.55 Å². The van der Waals surface area contributed by atoms with Crippen molar-refractivity contribution in [3.63, 3.8) is 0 Å². The molecule has 1 aliphatic carbocycles. The lowest BCUT2D eigenvalue weighted by molar-refractivity contribution is 0.633. The highest BCUT2D eigenvalue weighted by Crippen LogP contribution is 2.36. The summed E-state index contributed by atoms with van der Waals surface area (Å²) in [5, 5.41) is 2.44. The molecule has 0 spiro atoms. The van der Waals surface area contributed by atoms with Crippen molar-refractivity contribution >= 4 is 34.0 Å². The maximum Gasteiger partial charge on any atom is 0.0703 e. The molecule has 2 nitrogen and oxygen atoms in total. The van der Waals surface area contributed by atoms with Crippen LogP contribution >= 0.6 is 0 Å². The van der Waals surface area contributed by atoms with E-state index in [0.717, 1.165) is 10.9 Å². The zero-order valence-corrected chi connectivity index (χ0v) is 15.0. The van der Waals surface area contributed by atoms with Crippen molar-refractivity contribution in [2.24, 2.45) is 5.41 Å². The lowest BCUT2D eigenvalue weighted by Crippen LogP contribution is -2.01. The molecule has 2 heterocycles. The number of benzene rings is 2. The number of allylic oxidation sites excluding steroid dienone is 2. The molecule has 0 fully saturated rings. The first-order chi connectivity index (χ1) is 12.6. The van der Waals surface area contributed by atoms with Crippen molar-refractivity contribution in [3.8, 4) is 5.69 Å². The molecule has 26 heavy (non-hydrogen) atoms. The second kappa shape index (κ2) is 5.43. The minimum atomic E-state index is 0.0538. The van der Waals surface area contributed by atoms with Gasteiger partial charge in [0.25, 0.3) is 0 Å². The van der Waals surface area contributed by atoms with Crippen molar-refractivity contribution in [3.05, 3.63) is 84.2 Å². The van der Waals surface area contributed by atoms with Crippen LogP contribution in [0.25, 0.3) is 39.6 Å². The van der Waals surface area contributed by atoms with Crippen LogP contribution in [-0.4, -0.2) is 9.55 Å². The van der Waals surface area contributed by atoms with Crippen molar-refractivity contribution in [2.75, 3.05) is 0 Å². The van der Waals surface area contributed by atoms with E-state index in [1.807, 2.05) is 12.3 Å². The fourth-order valence-corrected chi connectivity index (χ4v) is 3.75. The third kappa shape index (κ3) is 2.30. The van der Waals surface area contributed by atoms with Gasteiger partial charge in [0.1, 0.15) is 0 Å². The normalized spacial score (nSPS) is 15.3. The van der Waals surface area contributed by atoms with Crippen LogP contribution in [0.3, 0.4) is 0 Å². The molecule has 4 aromatic rings. The Morgan fingerprint density at radius 1 is 0.885 bits per heavy atom. The summed E-state index contributed by atoms with van der Waals surface area (Å²) in [4.78, 5) is 4.45. The van der Waals surface area contributed by atoms with E-state index >= 15 is 0 Å². The quantitative estimate of drug-likeness (QED) is 0.402. The molecule has 5 rings (SSSR count). The third-order valence-electron chi connectivity index (χ3n) is 5.15. The Kier molecular flexibility index (Phi) is 3.17. The summed E-state index contributed by atoms with van der Waals surface area (Å²) in [6.07, 6.45) is 11.0. The molecule has 126 valence electrons. The van der Waals surface area contributed by atoms with Gasteiger partial charge in [-0.15, -0.1) is 0 Å². The Morgan fingerprint density at radius 2 is 1.73 bits per heavy atom. The molecule has 0 N–H and O–H groups in total. The Balaban J connectivity index is 1.85. The summed E-state index contributed by atoms with van der Waals surface area (Å²) >= 11 is 0. The maximum atomic E-state index is 4.45. The SMILES string of the molecule is CC1(C)C=Cc2c(n(-c3ccc4ncccc4c3)c3ccccc23)C=C1. The molecule has 0 atom stereocenters. The highest BCUT2D eigenvalue weighted by molar-refractivity contribution is 5.96. The first-order valence-corrected chi connectivity index (χ1v) is 8.99. The topological polar surface area (TPSA) is 17.8 Å². The number of rotatable bonds is 1. The predicted octanol–water partition coefficient (Wildman–Crippen LogP) is 6.24. The number of pyridine rings is 1. The first-order valence-electron chi connectivity index (χ1n) is 8.99. The highest BCUT2D eigenvalue weighted by atomic mass is 15.0. The number of hydrogen-bond acceptors (Lipinski definition) is 1. The van der Waals surface area contributed by atoms with Crippen LogP contribution in [0, 0.1) is 5.41 Å². The molecule has 0 aliphatic heterocycles. The van der Waals surface area contributed by atoms with E-state index in [-0.39, 0.29) is 5.41 Å². The van der Waals surface area contributed by atoms with E-state index in [4.69, 9.17) is 0 Å². The van der Waals surface area contributed by atoms with Crippen LogP contribution in [0.15, 0.2) is 72.9 Å². The average Bonchev–Trinajstić information content (AvgIpc) is 2.89. The van der Waals surface area contributed by atoms with Gasteiger partial charge in [-0.25, -0.2) is 0 Å². The van der Waals surface area contributed by atoms with E-state index < -0.39 is 0 Å². The molecule has 0 saturated carbocycles. The van der Waals surface area contributed by atoms with Gasteiger partial charge >= 0.3 is 0 Å². The fraction of sp³-hybridized carbons (Fsp3) is 0.125. The van der Waals surface area contributed by atoms with E-state index in [1.54, 1.807) is 0 Å². The average molecular weight is 336 g/mol. The second-order valence-electron chi connectivity index (χ2n) is 7.52. The summed E-state index contributed by atoms with van der Waals surface area (Å²) in [5.74, 6) is 0. The highest BCUT2D eigenvalue weighted by Gasteiger charge is 2.19. The molecule has 0 amide bonds. The molecular weight excluding hydrogens is 316 g/mol. The van der Waals surface area contributed by atoms with E-state index in [2.05, 4.69) is 96.2 Å². The van der Waals surface area contributed by atoms with Crippen molar-refractivity contribution in [1.29, 1.82) is 0 Å². The standard InChI is InChI=1S/C24H20N2/c1-24(2)13-11-20-19-7-3-4-8-22(19)26(23(20)12-14-24)18-9-10-21-17(16-18)6-5-15-25-21/h3-16H,1-2H3. The van der Waals surface area contributed by atoms with Gasteiger partial charge in [-0.2, -0.15) is 0 Å². The molecule has 0 saturated heterocycles. The molecule has 0 radical (unpaired) electrons. The Labute approximate surface area is 153 Å². The van der Waals surface area contributed by atoms with Crippen LogP contribution in [0.1, 0.15) is 25.1 Å². The zero-order valence-electron chi connectivity index (χ0n) is 15.0. The van der Waals surface area contributed by atoms with Gasteiger partial charge in [-0.1, -0.05) is 56.3 Å². The smallest absolute Gasteiger partial charge is 0.0703 e. The van der Waals surface area contributed by atoms with Gasteiger partial charge in [0.05, 0.1) is 16.7 Å². The summed E-state index contributed by atoms with van der Waals surface area (Å²) in [7, 11) is 0. The largest absolute Gasteiger partial charge is 0.309 e. The maximum absolute atomic E-state index is 4.45. The fourth-order valence-electron chi connectivity index (χ4n) is 3.75. The van der Waals surface area contributed by atoms with Gasteiger partial charge in [-0.3, -0.25) is 4.98 Å². The van der Waals surface area contributed by atoms with Gasteiger partial charge in [-0.05, 0) is 36.4 Å². The molecule has 2 aromatic heterocycles. The molecule has 2 heteroatoms. The lowest BCUT2D eigenvalue weighted by Gasteiger charge is -2.13. The van der Waals surface area contributed by atoms with Gasteiger partial charge < -0.3 is 4.57 Å². The van der Waals surface area contributed by atoms with Gasteiger partial charge in [0.15, 0.2) is 0 Å². The Hall–Kier alpha value is -3.13. The number of para-hydroxylation sites is 1. The Bertz CT molecular complexity index is 1210. The van der Waals surface area contributed by atoms with E-state index in [1.165, 1.54) is 27.8 Å². The van der Waals surface area contributed by atoms with Crippen LogP contribution in [-0.2, 0) is 0 Å². The molecule has 1 aliphatic rings. The number of nitrogens with zero attached hydrogens (tertiary/aromatic N) is 2. The number of hydrogen-bond donors (Lipinski definition) is 0. The zero-order chi connectivity index (χ0) is 17.7. The number of fused-ring (bicyclic) bond motifs is 4. The second-order valence-corrected chi connectivity index (χ2v) is 7.52. The first kappa shape index (κ1) is 15.2. The van der Waals surface area contributed by atoms with Crippen molar-refractivity contribution in [2.45, 2.75) is 13.8 Å². The van der Waals surface area contributed by atoms with Crippen LogP contribution in [0.5, 0.6) is 0 Å². The minimum Gasteiger partial charge on any atom is -0.309 e. The molecule has 0 bridgehead atoms. The van der Waals surface area contributed by atoms with Crippen molar-refractivity contribution < 1.29 is 0 Å². The summed E-state index contributed by atoms with van der Waals surface area (Å²) in [6, 6.07) is 19.2. The van der Waals surface area contributed by atoms with Crippen LogP contribution in [0.2, 0.25) is 0 Å². The Morgan fingerprint density at radius 3 is 2.65 bits per heavy atom. The summed E-state index contributed by atoms with van der Waals surface area (Å²) < 4.78 is 2.36. The summed E-state index contributed by atoms with van der Waals surface area (Å²) in [5.41, 5.74) is 5.99. The minimum absolute atomic E-state index is 0.0538. The predicted molar refractivity (Wildman–Crippen MR) is 110 cm³/mol. The molecule has 0 unspecified atom stereocenters. The van der Waals surface area contributed by atoms with Crippen LogP contribution in [0.4, 0.5) is 0 Å². The third-order valence-corrected chi connectivity index (χ3v) is 5.15. The van der Waals surface area contributed by atoms with E-state index in [0.29, 0.717) is 0 Å².